The zero-order valence-electron chi connectivity index (χ0n) is 15.1. The Morgan fingerprint density at radius 1 is 1.27 bits per heavy atom. The van der Waals surface area contributed by atoms with Crippen molar-refractivity contribution in [3.05, 3.63) is 45.6 Å². The molecule has 1 aliphatic heterocycles. The Labute approximate surface area is 163 Å². The maximum atomic E-state index is 12.5. The fourth-order valence-electron chi connectivity index (χ4n) is 2.84. The molecule has 1 atom stereocenters. The van der Waals surface area contributed by atoms with Gasteiger partial charge >= 0.3 is 0 Å². The molecule has 1 aliphatic rings. The number of nitrogens with zero attached hydrogens (tertiary/aromatic N) is 2. The standard InChI is InChI=1S/C19H24ClN3O2S/c1-14(22(2)13-17-7-8-18(20)26-17)19(24)21-15-3-5-16(6-4-15)23-9-11-25-12-10-23/h3-8,14H,9-13H2,1-2H3,(H,21,24)/t14-/m1/s1. The Hall–Kier alpha value is -1.60. The number of ether oxygens (including phenoxy) is 1. The minimum absolute atomic E-state index is 0.0192. The average Bonchev–Trinajstić information content (AvgIpc) is 3.07. The summed E-state index contributed by atoms with van der Waals surface area (Å²) in [6.45, 7) is 5.94. The van der Waals surface area contributed by atoms with E-state index in [0.29, 0.717) is 6.54 Å². The van der Waals surface area contributed by atoms with Crippen molar-refractivity contribution >= 4 is 40.2 Å². The molecule has 5 nitrogen and oxygen atoms in total. The number of nitrogens with one attached hydrogen (secondary N) is 1. The smallest absolute Gasteiger partial charge is 0.241 e. The van der Waals surface area contributed by atoms with E-state index in [2.05, 4.69) is 10.2 Å². The van der Waals surface area contributed by atoms with E-state index >= 15 is 0 Å². The van der Waals surface area contributed by atoms with Gasteiger partial charge in [-0.2, -0.15) is 0 Å². The summed E-state index contributed by atoms with van der Waals surface area (Å²) in [4.78, 5) is 18.0. The van der Waals surface area contributed by atoms with E-state index < -0.39 is 0 Å². The molecule has 2 aromatic rings. The van der Waals surface area contributed by atoms with E-state index in [1.54, 1.807) is 11.3 Å². The van der Waals surface area contributed by atoms with Gasteiger partial charge in [0.15, 0.2) is 0 Å². The highest BCUT2D eigenvalue weighted by Gasteiger charge is 2.19. The molecule has 1 N–H and O–H groups in total. The average molecular weight is 394 g/mol. The van der Waals surface area contributed by atoms with Crippen LogP contribution in [-0.4, -0.2) is 50.2 Å². The first-order chi connectivity index (χ1) is 12.5. The number of rotatable bonds is 6. The van der Waals surface area contributed by atoms with Gasteiger partial charge in [-0.15, -0.1) is 11.3 Å². The van der Waals surface area contributed by atoms with Crippen molar-refractivity contribution in [2.24, 2.45) is 0 Å². The van der Waals surface area contributed by atoms with Crippen LogP contribution in [0.4, 0.5) is 11.4 Å². The summed E-state index contributed by atoms with van der Waals surface area (Å²) in [5.41, 5.74) is 1.97. The zero-order chi connectivity index (χ0) is 18.5. The number of amides is 1. The van der Waals surface area contributed by atoms with Crippen molar-refractivity contribution in [2.75, 3.05) is 43.6 Å². The molecule has 0 spiro atoms. The zero-order valence-corrected chi connectivity index (χ0v) is 16.6. The molecule has 140 valence electrons. The number of halogens is 1. The molecule has 0 bridgehead atoms. The van der Waals surface area contributed by atoms with E-state index in [1.165, 1.54) is 0 Å². The molecule has 1 saturated heterocycles. The van der Waals surface area contributed by atoms with Gasteiger partial charge in [-0.05, 0) is 50.4 Å². The van der Waals surface area contributed by atoms with E-state index in [-0.39, 0.29) is 11.9 Å². The Morgan fingerprint density at radius 3 is 2.58 bits per heavy atom. The van der Waals surface area contributed by atoms with Gasteiger partial charge in [0.2, 0.25) is 5.91 Å². The van der Waals surface area contributed by atoms with Gasteiger partial charge < -0.3 is 15.0 Å². The predicted octanol–water partition coefficient (Wildman–Crippen LogP) is 3.70. The Morgan fingerprint density at radius 2 is 1.96 bits per heavy atom. The van der Waals surface area contributed by atoms with Crippen LogP contribution in [-0.2, 0) is 16.1 Å². The summed E-state index contributed by atoms with van der Waals surface area (Å²) in [5, 5.41) is 3.00. The van der Waals surface area contributed by atoms with Crippen LogP contribution >= 0.6 is 22.9 Å². The molecule has 0 aliphatic carbocycles. The summed E-state index contributed by atoms with van der Waals surface area (Å²) >= 11 is 7.52. The summed E-state index contributed by atoms with van der Waals surface area (Å²) in [6.07, 6.45) is 0. The lowest BCUT2D eigenvalue weighted by Gasteiger charge is -2.29. The molecule has 1 fully saturated rings. The van der Waals surface area contributed by atoms with Gasteiger partial charge in [-0.1, -0.05) is 11.6 Å². The number of carbonyl (C=O) groups is 1. The van der Waals surface area contributed by atoms with Gasteiger partial charge in [0.25, 0.3) is 0 Å². The van der Waals surface area contributed by atoms with Gasteiger partial charge in [0.1, 0.15) is 0 Å². The van der Waals surface area contributed by atoms with Crippen molar-refractivity contribution in [3.8, 4) is 0 Å². The monoisotopic (exact) mass is 393 g/mol. The van der Waals surface area contributed by atoms with Crippen molar-refractivity contribution < 1.29 is 9.53 Å². The van der Waals surface area contributed by atoms with Crippen LogP contribution in [0.5, 0.6) is 0 Å². The van der Waals surface area contributed by atoms with Crippen LogP contribution in [0.3, 0.4) is 0 Å². The van der Waals surface area contributed by atoms with Gasteiger partial charge in [0, 0.05) is 35.9 Å². The Kier molecular flexibility index (Phi) is 6.53. The number of thiophene rings is 1. The van der Waals surface area contributed by atoms with E-state index in [0.717, 1.165) is 46.9 Å². The lowest BCUT2D eigenvalue weighted by Crippen LogP contribution is -2.39. The van der Waals surface area contributed by atoms with Crippen molar-refractivity contribution in [1.29, 1.82) is 0 Å². The summed E-state index contributed by atoms with van der Waals surface area (Å²) in [7, 11) is 1.94. The van der Waals surface area contributed by atoms with Crippen LogP contribution in [0.1, 0.15) is 11.8 Å². The third-order valence-corrected chi connectivity index (χ3v) is 5.80. The highest BCUT2D eigenvalue weighted by molar-refractivity contribution is 7.16. The van der Waals surface area contributed by atoms with E-state index in [9.17, 15) is 4.79 Å². The molecule has 1 aromatic carbocycles. The molecular weight excluding hydrogens is 370 g/mol. The summed E-state index contributed by atoms with van der Waals surface area (Å²) in [5.74, 6) is -0.0192. The number of benzene rings is 1. The molecule has 0 saturated carbocycles. The molecule has 0 radical (unpaired) electrons. The number of anilines is 2. The van der Waals surface area contributed by atoms with Gasteiger partial charge in [0.05, 0.1) is 23.6 Å². The minimum Gasteiger partial charge on any atom is -0.378 e. The second-order valence-electron chi connectivity index (χ2n) is 6.43. The van der Waals surface area contributed by atoms with Gasteiger partial charge in [-0.3, -0.25) is 9.69 Å². The highest BCUT2D eigenvalue weighted by atomic mass is 35.5. The maximum Gasteiger partial charge on any atom is 0.241 e. The second kappa shape index (κ2) is 8.86. The molecule has 26 heavy (non-hydrogen) atoms. The first kappa shape index (κ1) is 19.2. The molecule has 0 unspecified atom stereocenters. The number of hydrogen-bond acceptors (Lipinski definition) is 5. The number of likely N-dealkylation sites (N-methyl/N-ethyl adjacent to an activating group) is 1. The van der Waals surface area contributed by atoms with Crippen LogP contribution in [0.2, 0.25) is 4.34 Å². The first-order valence-corrected chi connectivity index (χ1v) is 9.90. The summed E-state index contributed by atoms with van der Waals surface area (Å²) < 4.78 is 6.15. The minimum atomic E-state index is -0.241. The van der Waals surface area contributed by atoms with Crippen LogP contribution in [0.25, 0.3) is 0 Å². The quantitative estimate of drug-likeness (QED) is 0.812. The Balaban J connectivity index is 1.54. The molecular formula is C19H24ClN3O2S. The van der Waals surface area contributed by atoms with E-state index in [4.69, 9.17) is 16.3 Å². The fraction of sp³-hybridized carbons (Fsp3) is 0.421. The van der Waals surface area contributed by atoms with Crippen molar-refractivity contribution in [2.45, 2.75) is 19.5 Å². The van der Waals surface area contributed by atoms with Crippen molar-refractivity contribution in [3.63, 3.8) is 0 Å². The topological polar surface area (TPSA) is 44.8 Å². The highest BCUT2D eigenvalue weighted by Crippen LogP contribution is 2.23. The van der Waals surface area contributed by atoms with Crippen LogP contribution in [0, 0.1) is 0 Å². The van der Waals surface area contributed by atoms with Crippen LogP contribution < -0.4 is 10.2 Å². The molecule has 7 heteroatoms. The summed E-state index contributed by atoms with van der Waals surface area (Å²) in [6, 6.07) is 11.6. The van der Waals surface area contributed by atoms with Crippen LogP contribution in [0.15, 0.2) is 36.4 Å². The fourth-order valence-corrected chi connectivity index (χ4v) is 3.99. The number of morpholine rings is 1. The third kappa shape index (κ3) is 4.98. The molecule has 2 heterocycles. The Bertz CT molecular complexity index is 729. The second-order valence-corrected chi connectivity index (χ2v) is 8.23. The van der Waals surface area contributed by atoms with Gasteiger partial charge in [-0.25, -0.2) is 0 Å². The lowest BCUT2D eigenvalue weighted by atomic mass is 10.2. The molecule has 1 aromatic heterocycles. The third-order valence-electron chi connectivity index (χ3n) is 4.59. The molecule has 1 amide bonds. The maximum absolute atomic E-state index is 12.5. The van der Waals surface area contributed by atoms with Crippen molar-refractivity contribution in [1.82, 2.24) is 4.90 Å². The number of hydrogen-bond donors (Lipinski definition) is 1. The SMILES string of the molecule is C[C@H](C(=O)Nc1ccc(N2CCOCC2)cc1)N(C)Cc1ccc(Cl)s1. The normalized spacial score (nSPS) is 15.9. The largest absolute Gasteiger partial charge is 0.378 e. The first-order valence-electron chi connectivity index (χ1n) is 8.71. The number of carbonyl (C=O) groups excluding carboxylic acids is 1. The molecule has 3 rings (SSSR count). The predicted molar refractivity (Wildman–Crippen MR) is 108 cm³/mol. The lowest BCUT2D eigenvalue weighted by molar-refractivity contribution is -0.120. The van der Waals surface area contributed by atoms with E-state index in [1.807, 2.05) is 55.3 Å².